The van der Waals surface area contributed by atoms with Crippen LogP contribution >= 0.6 is 0 Å². The summed E-state index contributed by atoms with van der Waals surface area (Å²) in [6, 6.07) is 13.2. The van der Waals surface area contributed by atoms with E-state index in [4.69, 9.17) is 9.47 Å². The number of methoxy groups -OCH3 is 2. The van der Waals surface area contributed by atoms with Gasteiger partial charge in [0.2, 0.25) is 11.8 Å². The lowest BCUT2D eigenvalue weighted by atomic mass is 10.1. The first-order valence-electron chi connectivity index (χ1n) is 9.46. The Morgan fingerprint density at radius 1 is 1.14 bits per heavy atom. The summed E-state index contributed by atoms with van der Waals surface area (Å²) in [6.07, 6.45) is 2.43. The molecule has 1 aliphatic heterocycles. The fourth-order valence-electron chi connectivity index (χ4n) is 3.39. The smallest absolute Gasteiger partial charge is 0.224 e. The Morgan fingerprint density at radius 2 is 2.00 bits per heavy atom. The van der Waals surface area contributed by atoms with E-state index in [1.54, 1.807) is 14.2 Å². The van der Waals surface area contributed by atoms with E-state index in [0.717, 1.165) is 41.3 Å². The number of carbonyl (C=O) groups excluding carboxylic acids is 2. The monoisotopic (exact) mass is 382 g/mol. The van der Waals surface area contributed by atoms with Crippen molar-refractivity contribution >= 4 is 17.5 Å². The van der Waals surface area contributed by atoms with Crippen LogP contribution in [0.15, 0.2) is 42.5 Å². The highest BCUT2D eigenvalue weighted by molar-refractivity contribution is 5.91. The molecule has 28 heavy (non-hydrogen) atoms. The Morgan fingerprint density at radius 3 is 2.71 bits per heavy atom. The Labute approximate surface area is 165 Å². The van der Waals surface area contributed by atoms with Gasteiger partial charge in [0.05, 0.1) is 14.2 Å². The zero-order valence-electron chi connectivity index (χ0n) is 16.4. The number of benzene rings is 2. The minimum Gasteiger partial charge on any atom is -0.497 e. The number of nitrogens with zero attached hydrogens (tertiary/aromatic N) is 1. The van der Waals surface area contributed by atoms with E-state index in [2.05, 4.69) is 5.32 Å². The second kappa shape index (κ2) is 9.26. The van der Waals surface area contributed by atoms with Crippen LogP contribution < -0.4 is 14.8 Å². The number of rotatable bonds is 8. The molecule has 2 aromatic rings. The first-order valence-corrected chi connectivity index (χ1v) is 9.46. The van der Waals surface area contributed by atoms with Crippen LogP contribution in [0, 0.1) is 0 Å². The van der Waals surface area contributed by atoms with Crippen molar-refractivity contribution in [3.8, 4) is 11.5 Å². The zero-order valence-corrected chi connectivity index (χ0v) is 16.4. The van der Waals surface area contributed by atoms with E-state index in [-0.39, 0.29) is 11.8 Å². The molecule has 0 aliphatic carbocycles. The number of hydrogen-bond acceptors (Lipinski definition) is 4. The summed E-state index contributed by atoms with van der Waals surface area (Å²) in [4.78, 5) is 26.1. The number of nitrogens with one attached hydrogen (secondary N) is 1. The van der Waals surface area contributed by atoms with E-state index >= 15 is 0 Å². The topological polar surface area (TPSA) is 67.9 Å². The molecule has 0 atom stereocenters. The molecule has 0 aromatic heterocycles. The molecule has 0 spiro atoms. The summed E-state index contributed by atoms with van der Waals surface area (Å²) in [5.74, 6) is 1.60. The molecular weight excluding hydrogens is 356 g/mol. The highest BCUT2D eigenvalue weighted by Crippen LogP contribution is 2.25. The second-order valence-electron chi connectivity index (χ2n) is 6.85. The van der Waals surface area contributed by atoms with Crippen LogP contribution in [0.25, 0.3) is 0 Å². The van der Waals surface area contributed by atoms with Gasteiger partial charge >= 0.3 is 0 Å². The van der Waals surface area contributed by atoms with Crippen molar-refractivity contribution in [3.05, 3.63) is 53.6 Å². The summed E-state index contributed by atoms with van der Waals surface area (Å²) in [5.41, 5.74) is 2.69. The molecular formula is C22H26N2O4. The third-order valence-electron chi connectivity index (χ3n) is 4.86. The summed E-state index contributed by atoms with van der Waals surface area (Å²) in [5, 5.41) is 2.94. The van der Waals surface area contributed by atoms with Crippen LogP contribution in [0.5, 0.6) is 11.5 Å². The molecule has 1 N–H and O–H groups in total. The Kier molecular flexibility index (Phi) is 6.53. The van der Waals surface area contributed by atoms with Gasteiger partial charge in [-0.15, -0.1) is 0 Å². The predicted octanol–water partition coefficient (Wildman–Crippen LogP) is 3.40. The molecule has 3 rings (SSSR count). The number of aryl methyl sites for hydroxylation is 1. The molecule has 1 fully saturated rings. The van der Waals surface area contributed by atoms with Gasteiger partial charge in [0.1, 0.15) is 11.5 Å². The van der Waals surface area contributed by atoms with Crippen LogP contribution in [0.2, 0.25) is 0 Å². The molecule has 6 nitrogen and oxygen atoms in total. The molecule has 0 saturated carbocycles. The van der Waals surface area contributed by atoms with Gasteiger partial charge < -0.3 is 19.7 Å². The summed E-state index contributed by atoms with van der Waals surface area (Å²) in [6.45, 7) is 1.39. The van der Waals surface area contributed by atoms with Crippen molar-refractivity contribution in [2.75, 3.05) is 26.1 Å². The molecule has 1 saturated heterocycles. The fraction of sp³-hybridized carbons (Fsp3) is 0.364. The molecule has 0 unspecified atom stereocenters. The maximum Gasteiger partial charge on any atom is 0.224 e. The van der Waals surface area contributed by atoms with Crippen molar-refractivity contribution in [2.24, 2.45) is 0 Å². The van der Waals surface area contributed by atoms with E-state index in [0.29, 0.717) is 25.8 Å². The highest BCUT2D eigenvalue weighted by Gasteiger charge is 2.20. The Balaban J connectivity index is 1.58. The number of amides is 2. The SMILES string of the molecule is COc1ccc(OC)c(CCC(=O)Nc2cccc(CN3CCCC3=O)c2)c1. The van der Waals surface area contributed by atoms with Crippen molar-refractivity contribution in [2.45, 2.75) is 32.2 Å². The van der Waals surface area contributed by atoms with Gasteiger partial charge in [0.15, 0.2) is 0 Å². The van der Waals surface area contributed by atoms with E-state index in [1.807, 2.05) is 47.4 Å². The lowest BCUT2D eigenvalue weighted by Gasteiger charge is -2.16. The Bertz CT molecular complexity index is 850. The molecule has 1 aliphatic rings. The molecule has 0 radical (unpaired) electrons. The number of anilines is 1. The first kappa shape index (κ1) is 19.7. The maximum absolute atomic E-state index is 12.4. The lowest BCUT2D eigenvalue weighted by Crippen LogP contribution is -2.23. The average Bonchev–Trinajstić information content (AvgIpc) is 3.10. The maximum atomic E-state index is 12.4. The molecule has 0 bridgehead atoms. The van der Waals surface area contributed by atoms with E-state index < -0.39 is 0 Å². The number of carbonyl (C=O) groups is 2. The van der Waals surface area contributed by atoms with Crippen LogP contribution in [0.3, 0.4) is 0 Å². The van der Waals surface area contributed by atoms with Gasteiger partial charge in [-0.3, -0.25) is 9.59 Å². The van der Waals surface area contributed by atoms with Crippen LogP contribution in [-0.2, 0) is 22.6 Å². The van der Waals surface area contributed by atoms with Gasteiger partial charge in [-0.2, -0.15) is 0 Å². The third-order valence-corrected chi connectivity index (χ3v) is 4.86. The molecule has 1 heterocycles. The fourth-order valence-corrected chi connectivity index (χ4v) is 3.39. The minimum absolute atomic E-state index is 0.0701. The Hall–Kier alpha value is -3.02. The number of likely N-dealkylation sites (tertiary alicyclic amines) is 1. The van der Waals surface area contributed by atoms with Gasteiger partial charge in [0.25, 0.3) is 0 Å². The number of ether oxygens (including phenoxy) is 2. The average molecular weight is 382 g/mol. The molecule has 2 amide bonds. The molecule has 6 heteroatoms. The van der Waals surface area contributed by atoms with Gasteiger partial charge in [-0.25, -0.2) is 0 Å². The second-order valence-corrected chi connectivity index (χ2v) is 6.85. The van der Waals surface area contributed by atoms with Crippen LogP contribution in [0.4, 0.5) is 5.69 Å². The normalized spacial score (nSPS) is 13.5. The standard InChI is InChI=1S/C22H26N2O4/c1-27-19-9-10-20(28-2)17(14-19)8-11-21(25)23-18-6-3-5-16(13-18)15-24-12-4-7-22(24)26/h3,5-6,9-10,13-14H,4,7-8,11-12,15H2,1-2H3,(H,23,25). The van der Waals surface area contributed by atoms with Crippen molar-refractivity contribution in [1.82, 2.24) is 4.90 Å². The first-order chi connectivity index (χ1) is 13.6. The largest absolute Gasteiger partial charge is 0.497 e. The van der Waals surface area contributed by atoms with Crippen LogP contribution in [0.1, 0.15) is 30.4 Å². The quantitative estimate of drug-likeness (QED) is 0.760. The zero-order chi connectivity index (χ0) is 19.9. The van der Waals surface area contributed by atoms with Crippen molar-refractivity contribution in [3.63, 3.8) is 0 Å². The molecule has 2 aromatic carbocycles. The van der Waals surface area contributed by atoms with E-state index in [1.165, 1.54) is 0 Å². The third kappa shape index (κ3) is 5.03. The van der Waals surface area contributed by atoms with Crippen molar-refractivity contribution < 1.29 is 19.1 Å². The van der Waals surface area contributed by atoms with Gasteiger partial charge in [0, 0.05) is 31.6 Å². The number of hydrogen-bond donors (Lipinski definition) is 1. The predicted molar refractivity (Wildman–Crippen MR) is 108 cm³/mol. The van der Waals surface area contributed by atoms with Crippen LogP contribution in [-0.4, -0.2) is 37.5 Å². The van der Waals surface area contributed by atoms with E-state index in [9.17, 15) is 9.59 Å². The highest BCUT2D eigenvalue weighted by atomic mass is 16.5. The van der Waals surface area contributed by atoms with Crippen molar-refractivity contribution in [1.29, 1.82) is 0 Å². The molecule has 148 valence electrons. The summed E-state index contributed by atoms with van der Waals surface area (Å²) < 4.78 is 10.6. The lowest BCUT2D eigenvalue weighted by molar-refractivity contribution is -0.128. The summed E-state index contributed by atoms with van der Waals surface area (Å²) >= 11 is 0. The van der Waals surface area contributed by atoms with Gasteiger partial charge in [-0.05, 0) is 54.3 Å². The van der Waals surface area contributed by atoms with Gasteiger partial charge in [-0.1, -0.05) is 12.1 Å². The minimum atomic E-state index is -0.0701. The summed E-state index contributed by atoms with van der Waals surface area (Å²) in [7, 11) is 3.23.